The van der Waals surface area contributed by atoms with E-state index >= 15 is 0 Å². The summed E-state index contributed by atoms with van der Waals surface area (Å²) in [6.07, 6.45) is 3.00. The van der Waals surface area contributed by atoms with E-state index in [0.29, 0.717) is 12.2 Å². The largest absolute Gasteiger partial charge is 0.489 e. The van der Waals surface area contributed by atoms with Crippen molar-refractivity contribution >= 4 is 17.5 Å². The van der Waals surface area contributed by atoms with Crippen molar-refractivity contribution in [3.63, 3.8) is 0 Å². The maximum atomic E-state index is 12.7. The van der Waals surface area contributed by atoms with Crippen molar-refractivity contribution in [3.05, 3.63) is 53.9 Å². The molecule has 1 atom stereocenters. The molecule has 1 N–H and O–H groups in total. The van der Waals surface area contributed by atoms with Crippen LogP contribution in [0.1, 0.15) is 55.7 Å². The van der Waals surface area contributed by atoms with Gasteiger partial charge in [0, 0.05) is 24.8 Å². The van der Waals surface area contributed by atoms with Crippen molar-refractivity contribution in [3.8, 4) is 5.75 Å². The van der Waals surface area contributed by atoms with Gasteiger partial charge in [0.1, 0.15) is 0 Å². The van der Waals surface area contributed by atoms with Crippen LogP contribution in [0.2, 0.25) is 0 Å². The first kappa shape index (κ1) is 18.9. The lowest BCUT2D eigenvalue weighted by Gasteiger charge is -2.20. The average molecular weight is 367 g/mol. The summed E-state index contributed by atoms with van der Waals surface area (Å²) in [6.45, 7) is 6.46. The first-order chi connectivity index (χ1) is 13.0. The van der Waals surface area contributed by atoms with Crippen molar-refractivity contribution in [2.24, 2.45) is 0 Å². The molecule has 0 saturated carbocycles. The average Bonchev–Trinajstić information content (AvgIpc) is 3.07. The molecule has 0 radical (unpaired) electrons. The molecule has 1 aliphatic heterocycles. The van der Waals surface area contributed by atoms with E-state index in [2.05, 4.69) is 10.3 Å². The SMILES string of the molecule is CC(C)Oc1cccnc1C(=O)NC(C)c1cccc(N2CCCC2=O)c1. The minimum Gasteiger partial charge on any atom is -0.489 e. The predicted octanol–water partition coefficient (Wildman–Crippen LogP) is 3.49. The molecule has 1 unspecified atom stereocenters. The number of anilines is 1. The van der Waals surface area contributed by atoms with Crippen LogP contribution in [0.25, 0.3) is 0 Å². The number of hydrogen-bond acceptors (Lipinski definition) is 4. The first-order valence-electron chi connectivity index (χ1n) is 9.28. The molecule has 1 saturated heterocycles. The fourth-order valence-electron chi connectivity index (χ4n) is 3.14. The second-order valence-electron chi connectivity index (χ2n) is 6.96. The maximum Gasteiger partial charge on any atom is 0.274 e. The lowest BCUT2D eigenvalue weighted by atomic mass is 10.1. The summed E-state index contributed by atoms with van der Waals surface area (Å²) in [4.78, 5) is 30.7. The van der Waals surface area contributed by atoms with Crippen LogP contribution < -0.4 is 15.0 Å². The number of pyridine rings is 1. The number of aromatic nitrogens is 1. The fraction of sp³-hybridized carbons (Fsp3) is 0.381. The van der Waals surface area contributed by atoms with Crippen LogP contribution in [0.3, 0.4) is 0 Å². The Kier molecular flexibility index (Phi) is 5.74. The van der Waals surface area contributed by atoms with Crippen molar-refractivity contribution in [2.75, 3.05) is 11.4 Å². The predicted molar refractivity (Wildman–Crippen MR) is 104 cm³/mol. The van der Waals surface area contributed by atoms with Gasteiger partial charge in [0.25, 0.3) is 5.91 Å². The number of nitrogens with zero attached hydrogens (tertiary/aromatic N) is 2. The van der Waals surface area contributed by atoms with Gasteiger partial charge >= 0.3 is 0 Å². The second-order valence-corrected chi connectivity index (χ2v) is 6.96. The molecule has 6 heteroatoms. The zero-order valence-electron chi connectivity index (χ0n) is 15.9. The van der Waals surface area contributed by atoms with Gasteiger partial charge in [0.05, 0.1) is 12.1 Å². The molecule has 6 nitrogen and oxygen atoms in total. The van der Waals surface area contributed by atoms with Crippen LogP contribution in [0.5, 0.6) is 5.75 Å². The molecular formula is C21H25N3O3. The Bertz CT molecular complexity index is 835. The highest BCUT2D eigenvalue weighted by Gasteiger charge is 2.23. The van der Waals surface area contributed by atoms with Gasteiger partial charge < -0.3 is 15.0 Å². The number of carbonyl (C=O) groups is 2. The van der Waals surface area contributed by atoms with E-state index in [1.807, 2.05) is 45.0 Å². The van der Waals surface area contributed by atoms with E-state index in [4.69, 9.17) is 4.74 Å². The van der Waals surface area contributed by atoms with E-state index in [0.717, 1.165) is 24.2 Å². The standard InChI is InChI=1S/C21H25N3O3/c1-14(2)27-18-9-5-11-22-20(18)21(26)23-15(3)16-7-4-8-17(13-16)24-12-6-10-19(24)25/h4-5,7-9,11,13-15H,6,10,12H2,1-3H3,(H,23,26). The quantitative estimate of drug-likeness (QED) is 0.848. The number of amides is 2. The molecule has 27 heavy (non-hydrogen) atoms. The zero-order valence-corrected chi connectivity index (χ0v) is 15.9. The van der Waals surface area contributed by atoms with Gasteiger partial charge in [0.15, 0.2) is 11.4 Å². The lowest BCUT2D eigenvalue weighted by Crippen LogP contribution is -2.29. The first-order valence-corrected chi connectivity index (χ1v) is 9.28. The minimum absolute atomic E-state index is 0.0483. The van der Waals surface area contributed by atoms with E-state index in [9.17, 15) is 9.59 Å². The molecule has 1 aliphatic rings. The van der Waals surface area contributed by atoms with Crippen molar-refractivity contribution in [2.45, 2.75) is 45.8 Å². The smallest absolute Gasteiger partial charge is 0.274 e. The number of carbonyl (C=O) groups excluding carboxylic acids is 2. The number of ether oxygens (including phenoxy) is 1. The number of nitrogens with one attached hydrogen (secondary N) is 1. The van der Waals surface area contributed by atoms with Gasteiger partial charge in [-0.15, -0.1) is 0 Å². The third-order valence-corrected chi connectivity index (χ3v) is 4.45. The Morgan fingerprint density at radius 2 is 2.04 bits per heavy atom. The zero-order chi connectivity index (χ0) is 19.4. The Balaban J connectivity index is 1.75. The monoisotopic (exact) mass is 367 g/mol. The molecule has 3 rings (SSSR count). The van der Waals surface area contributed by atoms with Crippen LogP contribution in [-0.2, 0) is 4.79 Å². The highest BCUT2D eigenvalue weighted by molar-refractivity contribution is 5.96. The maximum absolute atomic E-state index is 12.7. The minimum atomic E-state index is -0.290. The molecule has 2 heterocycles. The van der Waals surface area contributed by atoms with Crippen LogP contribution >= 0.6 is 0 Å². The molecule has 2 aromatic rings. The molecule has 0 spiro atoms. The third kappa shape index (κ3) is 4.45. The number of benzene rings is 1. The van der Waals surface area contributed by atoms with Crippen LogP contribution in [0.4, 0.5) is 5.69 Å². The van der Waals surface area contributed by atoms with Crippen LogP contribution in [0.15, 0.2) is 42.6 Å². The van der Waals surface area contributed by atoms with Gasteiger partial charge in [0.2, 0.25) is 5.91 Å². The lowest BCUT2D eigenvalue weighted by molar-refractivity contribution is -0.117. The van der Waals surface area contributed by atoms with Crippen molar-refractivity contribution in [1.29, 1.82) is 0 Å². The van der Waals surface area contributed by atoms with Gasteiger partial charge in [-0.3, -0.25) is 9.59 Å². The van der Waals surface area contributed by atoms with E-state index in [-0.39, 0.29) is 29.7 Å². The van der Waals surface area contributed by atoms with Crippen molar-refractivity contribution < 1.29 is 14.3 Å². The van der Waals surface area contributed by atoms with Gasteiger partial charge in [-0.25, -0.2) is 4.98 Å². The summed E-state index contributed by atoms with van der Waals surface area (Å²) in [7, 11) is 0. The normalized spacial score (nSPS) is 15.1. The van der Waals surface area contributed by atoms with E-state index in [1.165, 1.54) is 0 Å². The molecular weight excluding hydrogens is 342 g/mol. The Morgan fingerprint density at radius 1 is 1.22 bits per heavy atom. The Hall–Kier alpha value is -2.89. The molecule has 142 valence electrons. The van der Waals surface area contributed by atoms with Gasteiger partial charge in [-0.05, 0) is 57.0 Å². The van der Waals surface area contributed by atoms with Crippen LogP contribution in [0, 0.1) is 0 Å². The highest BCUT2D eigenvalue weighted by Crippen LogP contribution is 2.25. The summed E-state index contributed by atoms with van der Waals surface area (Å²) in [6, 6.07) is 11.0. The number of rotatable bonds is 6. The van der Waals surface area contributed by atoms with Crippen molar-refractivity contribution in [1.82, 2.24) is 10.3 Å². The van der Waals surface area contributed by atoms with Gasteiger partial charge in [-0.2, -0.15) is 0 Å². The summed E-state index contributed by atoms with van der Waals surface area (Å²) in [5, 5.41) is 2.97. The van der Waals surface area contributed by atoms with Gasteiger partial charge in [-0.1, -0.05) is 12.1 Å². The molecule has 1 aromatic carbocycles. The summed E-state index contributed by atoms with van der Waals surface area (Å²) < 4.78 is 5.68. The van der Waals surface area contributed by atoms with E-state index < -0.39 is 0 Å². The van der Waals surface area contributed by atoms with Crippen LogP contribution in [-0.4, -0.2) is 29.4 Å². The fourth-order valence-corrected chi connectivity index (χ4v) is 3.14. The summed E-state index contributed by atoms with van der Waals surface area (Å²) in [5.74, 6) is 0.322. The molecule has 1 fully saturated rings. The molecule has 2 amide bonds. The summed E-state index contributed by atoms with van der Waals surface area (Å²) in [5.41, 5.74) is 2.07. The Labute approximate surface area is 159 Å². The highest BCUT2D eigenvalue weighted by atomic mass is 16.5. The topological polar surface area (TPSA) is 71.5 Å². The molecule has 1 aromatic heterocycles. The summed E-state index contributed by atoms with van der Waals surface area (Å²) >= 11 is 0. The second kappa shape index (κ2) is 8.20. The molecule has 0 bridgehead atoms. The van der Waals surface area contributed by atoms with E-state index in [1.54, 1.807) is 23.2 Å². The third-order valence-electron chi connectivity index (χ3n) is 4.45. The number of hydrogen-bond donors (Lipinski definition) is 1. The molecule has 0 aliphatic carbocycles. The Morgan fingerprint density at radius 3 is 2.74 bits per heavy atom.